The fourth-order valence-electron chi connectivity index (χ4n) is 3.45. The standard InChI is InChI=1S/C19H18ClFN4O2/c20-14-11-12(5-6-15(14)21)22-17(26)7-8-24-9-10-25-18(19(24)27)13-3-1-2-4-16(13)23-25/h5-6,9-11H,1-4,7-8H2,(H,22,26). The number of nitrogens with one attached hydrogen (secondary N) is 1. The van der Waals surface area contributed by atoms with Crippen molar-refractivity contribution in [3.05, 3.63) is 63.0 Å². The lowest BCUT2D eigenvalue weighted by Crippen LogP contribution is -2.24. The van der Waals surface area contributed by atoms with Crippen molar-refractivity contribution in [1.82, 2.24) is 14.2 Å². The van der Waals surface area contributed by atoms with Crippen LogP contribution < -0.4 is 10.9 Å². The van der Waals surface area contributed by atoms with Crippen LogP contribution in [0.2, 0.25) is 5.02 Å². The molecular weight excluding hydrogens is 371 g/mol. The summed E-state index contributed by atoms with van der Waals surface area (Å²) < 4.78 is 16.4. The Morgan fingerprint density at radius 2 is 2.07 bits per heavy atom. The maximum Gasteiger partial charge on any atom is 0.276 e. The van der Waals surface area contributed by atoms with E-state index in [0.717, 1.165) is 36.9 Å². The highest BCUT2D eigenvalue weighted by Crippen LogP contribution is 2.23. The predicted molar refractivity (Wildman–Crippen MR) is 101 cm³/mol. The Morgan fingerprint density at radius 3 is 2.89 bits per heavy atom. The minimum Gasteiger partial charge on any atom is -0.326 e. The van der Waals surface area contributed by atoms with E-state index in [4.69, 9.17) is 11.6 Å². The molecule has 0 atom stereocenters. The van der Waals surface area contributed by atoms with Gasteiger partial charge in [0.2, 0.25) is 5.91 Å². The lowest BCUT2D eigenvalue weighted by atomic mass is 9.97. The van der Waals surface area contributed by atoms with Gasteiger partial charge in [0.1, 0.15) is 11.3 Å². The molecule has 0 saturated heterocycles. The van der Waals surface area contributed by atoms with Crippen molar-refractivity contribution in [3.8, 4) is 0 Å². The third-order valence-electron chi connectivity index (χ3n) is 4.82. The van der Waals surface area contributed by atoms with Crippen LogP contribution in [-0.4, -0.2) is 20.1 Å². The average molecular weight is 389 g/mol. The number of halogens is 2. The zero-order chi connectivity index (χ0) is 19.0. The zero-order valence-electron chi connectivity index (χ0n) is 14.5. The number of aryl methyl sites for hydroxylation is 3. The maximum absolute atomic E-state index is 13.2. The van der Waals surface area contributed by atoms with E-state index in [1.807, 2.05) is 0 Å². The van der Waals surface area contributed by atoms with Crippen molar-refractivity contribution in [2.75, 3.05) is 5.32 Å². The van der Waals surface area contributed by atoms with Crippen molar-refractivity contribution in [2.45, 2.75) is 38.6 Å². The Hall–Kier alpha value is -2.67. The van der Waals surface area contributed by atoms with Crippen molar-refractivity contribution >= 4 is 28.7 Å². The second-order valence-electron chi connectivity index (χ2n) is 6.65. The molecule has 3 aromatic rings. The summed E-state index contributed by atoms with van der Waals surface area (Å²) in [6, 6.07) is 3.99. The normalized spacial score (nSPS) is 13.6. The fraction of sp³-hybridized carbons (Fsp3) is 0.316. The molecule has 0 spiro atoms. The fourth-order valence-corrected chi connectivity index (χ4v) is 3.63. The Morgan fingerprint density at radius 1 is 1.26 bits per heavy atom. The summed E-state index contributed by atoms with van der Waals surface area (Å²) in [6.07, 6.45) is 7.44. The molecule has 8 heteroatoms. The molecule has 2 aromatic heterocycles. The molecule has 1 amide bonds. The van der Waals surface area contributed by atoms with Crippen LogP contribution in [0.1, 0.15) is 30.5 Å². The summed E-state index contributed by atoms with van der Waals surface area (Å²) in [5.41, 5.74) is 2.93. The van der Waals surface area contributed by atoms with Gasteiger partial charge in [0.25, 0.3) is 5.56 Å². The lowest BCUT2D eigenvalue weighted by molar-refractivity contribution is -0.116. The van der Waals surface area contributed by atoms with Gasteiger partial charge in [-0.05, 0) is 43.9 Å². The molecule has 0 unspecified atom stereocenters. The van der Waals surface area contributed by atoms with Crippen LogP contribution in [0, 0.1) is 5.82 Å². The number of carbonyl (C=O) groups is 1. The summed E-state index contributed by atoms with van der Waals surface area (Å²) in [6.45, 7) is 0.246. The summed E-state index contributed by atoms with van der Waals surface area (Å²) in [4.78, 5) is 25.0. The first-order valence-electron chi connectivity index (χ1n) is 8.87. The van der Waals surface area contributed by atoms with Crippen molar-refractivity contribution in [2.24, 2.45) is 0 Å². The van der Waals surface area contributed by atoms with Gasteiger partial charge < -0.3 is 9.88 Å². The number of amides is 1. The monoisotopic (exact) mass is 388 g/mol. The molecule has 140 valence electrons. The summed E-state index contributed by atoms with van der Waals surface area (Å²) in [5, 5.41) is 7.11. The molecule has 1 N–H and O–H groups in total. The van der Waals surface area contributed by atoms with Crippen LogP contribution in [0.15, 0.2) is 35.4 Å². The number of hydrogen-bond donors (Lipinski definition) is 1. The first-order valence-corrected chi connectivity index (χ1v) is 9.25. The molecule has 6 nitrogen and oxygen atoms in total. The number of anilines is 1. The molecule has 1 aliphatic carbocycles. The van der Waals surface area contributed by atoms with Crippen LogP contribution in [0.25, 0.3) is 5.52 Å². The van der Waals surface area contributed by atoms with E-state index in [0.29, 0.717) is 11.2 Å². The Balaban J connectivity index is 1.50. The van der Waals surface area contributed by atoms with Gasteiger partial charge in [-0.25, -0.2) is 8.91 Å². The molecule has 0 bridgehead atoms. The predicted octanol–water partition coefficient (Wildman–Crippen LogP) is 3.20. The van der Waals surface area contributed by atoms with E-state index in [1.54, 1.807) is 16.9 Å². The van der Waals surface area contributed by atoms with E-state index in [2.05, 4.69) is 10.4 Å². The molecule has 2 heterocycles. The van der Waals surface area contributed by atoms with Crippen LogP contribution in [0.5, 0.6) is 0 Å². The minimum absolute atomic E-state index is 0.0556. The molecule has 1 aliphatic rings. The van der Waals surface area contributed by atoms with Gasteiger partial charge in [-0.2, -0.15) is 5.10 Å². The number of rotatable bonds is 4. The van der Waals surface area contributed by atoms with Crippen molar-refractivity contribution < 1.29 is 9.18 Å². The summed E-state index contributed by atoms with van der Waals surface area (Å²) >= 11 is 5.71. The van der Waals surface area contributed by atoms with E-state index >= 15 is 0 Å². The van der Waals surface area contributed by atoms with Crippen molar-refractivity contribution in [1.29, 1.82) is 0 Å². The quantitative estimate of drug-likeness (QED) is 0.746. The molecule has 0 aliphatic heterocycles. The van der Waals surface area contributed by atoms with Crippen molar-refractivity contribution in [3.63, 3.8) is 0 Å². The Labute approximate surface area is 159 Å². The molecule has 0 fully saturated rings. The van der Waals surface area contributed by atoms with E-state index < -0.39 is 5.82 Å². The SMILES string of the molecule is O=C(CCn1ccn2nc3c(c2c1=O)CCCC3)Nc1ccc(F)c(Cl)c1. The van der Waals surface area contributed by atoms with Gasteiger partial charge in [0, 0.05) is 36.6 Å². The van der Waals surface area contributed by atoms with Gasteiger partial charge in [0.15, 0.2) is 0 Å². The van der Waals surface area contributed by atoms with Gasteiger partial charge in [-0.3, -0.25) is 9.59 Å². The van der Waals surface area contributed by atoms with Crippen LogP contribution in [0.4, 0.5) is 10.1 Å². The molecule has 4 rings (SSSR count). The van der Waals surface area contributed by atoms with E-state index in [1.165, 1.54) is 22.8 Å². The summed E-state index contributed by atoms with van der Waals surface area (Å²) in [7, 11) is 0. The number of aromatic nitrogens is 3. The zero-order valence-corrected chi connectivity index (χ0v) is 15.3. The van der Waals surface area contributed by atoms with Gasteiger partial charge in [0.05, 0.1) is 10.7 Å². The Bertz CT molecular complexity index is 1090. The number of carbonyl (C=O) groups excluding carboxylic acids is 1. The van der Waals surface area contributed by atoms with Crippen LogP contribution in [-0.2, 0) is 24.2 Å². The highest BCUT2D eigenvalue weighted by Gasteiger charge is 2.19. The third-order valence-corrected chi connectivity index (χ3v) is 5.11. The van der Waals surface area contributed by atoms with Gasteiger partial charge in [-0.15, -0.1) is 0 Å². The first kappa shape index (κ1) is 17.7. The largest absolute Gasteiger partial charge is 0.326 e. The number of fused-ring (bicyclic) bond motifs is 3. The maximum atomic E-state index is 13.2. The Kier molecular flexibility index (Phi) is 4.70. The average Bonchev–Trinajstić information content (AvgIpc) is 3.03. The van der Waals surface area contributed by atoms with E-state index in [-0.39, 0.29) is 29.5 Å². The second-order valence-corrected chi connectivity index (χ2v) is 7.06. The van der Waals surface area contributed by atoms with E-state index in [9.17, 15) is 14.0 Å². The topological polar surface area (TPSA) is 68.4 Å². The summed E-state index contributed by atoms with van der Waals surface area (Å²) in [5.74, 6) is -0.821. The molecular formula is C19H18ClFN4O2. The van der Waals surface area contributed by atoms with Crippen LogP contribution in [0.3, 0.4) is 0 Å². The molecule has 0 radical (unpaired) electrons. The first-order chi connectivity index (χ1) is 13.0. The lowest BCUT2D eigenvalue weighted by Gasteiger charge is -2.10. The number of benzene rings is 1. The second kappa shape index (κ2) is 7.15. The minimum atomic E-state index is -0.543. The smallest absolute Gasteiger partial charge is 0.276 e. The number of nitrogens with zero attached hydrogens (tertiary/aromatic N) is 3. The number of hydrogen-bond acceptors (Lipinski definition) is 3. The molecule has 27 heavy (non-hydrogen) atoms. The van der Waals surface area contributed by atoms with Crippen LogP contribution >= 0.6 is 11.6 Å². The van der Waals surface area contributed by atoms with Gasteiger partial charge in [-0.1, -0.05) is 11.6 Å². The van der Waals surface area contributed by atoms with Gasteiger partial charge >= 0.3 is 0 Å². The molecule has 0 saturated carbocycles. The highest BCUT2D eigenvalue weighted by molar-refractivity contribution is 6.31. The molecule has 1 aromatic carbocycles. The highest BCUT2D eigenvalue weighted by atomic mass is 35.5. The third kappa shape index (κ3) is 3.47.